The second-order valence-corrected chi connectivity index (χ2v) is 10.4. The van der Waals surface area contributed by atoms with E-state index in [4.69, 9.17) is 0 Å². The fourth-order valence-electron chi connectivity index (χ4n) is 3.76. The van der Waals surface area contributed by atoms with Crippen LogP contribution in [0.25, 0.3) is 0 Å². The Labute approximate surface area is 221 Å². The van der Waals surface area contributed by atoms with Gasteiger partial charge in [-0.2, -0.15) is 0 Å². The van der Waals surface area contributed by atoms with Crippen LogP contribution in [0.4, 0.5) is 0 Å². The van der Waals surface area contributed by atoms with Crippen molar-refractivity contribution in [3.8, 4) is 0 Å². The van der Waals surface area contributed by atoms with E-state index >= 15 is 0 Å². The smallest absolute Gasteiger partial charge is 0.243 e. The fourth-order valence-corrected chi connectivity index (χ4v) is 4.89. The lowest BCUT2D eigenvalue weighted by Crippen LogP contribution is -2.51. The summed E-state index contributed by atoms with van der Waals surface area (Å²) in [7, 11) is 0. The van der Waals surface area contributed by atoms with Crippen LogP contribution in [-0.4, -0.2) is 35.1 Å². The lowest BCUT2D eigenvalue weighted by Gasteiger charge is -2.31. The minimum Gasteiger partial charge on any atom is -0.354 e. The van der Waals surface area contributed by atoms with Gasteiger partial charge in [0.2, 0.25) is 11.8 Å². The van der Waals surface area contributed by atoms with Crippen molar-refractivity contribution >= 4 is 39.5 Å². The van der Waals surface area contributed by atoms with Crippen LogP contribution in [0.2, 0.25) is 0 Å². The average Bonchev–Trinajstić information content (AvgIpc) is 2.88. The number of rotatable bonds is 13. The van der Waals surface area contributed by atoms with E-state index in [0.29, 0.717) is 25.3 Å². The minimum absolute atomic E-state index is 0.0274. The third-order valence-electron chi connectivity index (χ3n) is 5.70. The highest BCUT2D eigenvalue weighted by Gasteiger charge is 2.30. The van der Waals surface area contributed by atoms with Crippen molar-refractivity contribution in [2.24, 2.45) is 0 Å². The molecule has 0 spiro atoms. The van der Waals surface area contributed by atoms with Crippen LogP contribution in [0, 0.1) is 0 Å². The molecule has 1 N–H and O–H groups in total. The van der Waals surface area contributed by atoms with Gasteiger partial charge in [-0.15, -0.1) is 11.8 Å². The predicted octanol–water partition coefficient (Wildman–Crippen LogP) is 6.24. The second-order valence-electron chi connectivity index (χ2n) is 8.48. The normalized spacial score (nSPS) is 11.6. The van der Waals surface area contributed by atoms with Gasteiger partial charge in [-0.25, -0.2) is 0 Å². The summed E-state index contributed by atoms with van der Waals surface area (Å²) in [4.78, 5) is 28.7. The fraction of sp³-hybridized carbons (Fsp3) is 0.310. The zero-order valence-electron chi connectivity index (χ0n) is 20.2. The number of benzene rings is 3. The molecule has 0 heterocycles. The number of nitrogens with zero attached hydrogens (tertiary/aromatic N) is 1. The molecule has 2 amide bonds. The molecule has 35 heavy (non-hydrogen) atoms. The third kappa shape index (κ3) is 9.19. The Kier molecular flexibility index (Phi) is 11.4. The van der Waals surface area contributed by atoms with E-state index in [1.165, 1.54) is 5.56 Å². The monoisotopic (exact) mass is 552 g/mol. The maximum atomic E-state index is 13.6. The zero-order valence-corrected chi connectivity index (χ0v) is 22.6. The number of unbranched alkanes of at least 4 members (excludes halogenated alkanes) is 1. The van der Waals surface area contributed by atoms with E-state index in [2.05, 4.69) is 40.3 Å². The van der Waals surface area contributed by atoms with Crippen LogP contribution in [0.5, 0.6) is 0 Å². The maximum absolute atomic E-state index is 13.6. The van der Waals surface area contributed by atoms with Crippen molar-refractivity contribution in [1.29, 1.82) is 0 Å². The summed E-state index contributed by atoms with van der Waals surface area (Å²) in [6.45, 7) is 3.10. The average molecular weight is 554 g/mol. The molecule has 0 unspecified atom stereocenters. The molecular formula is C29H33BrN2O2S. The summed E-state index contributed by atoms with van der Waals surface area (Å²) in [5.74, 6) is 0.949. The van der Waals surface area contributed by atoms with Crippen LogP contribution < -0.4 is 5.32 Å². The van der Waals surface area contributed by atoms with Gasteiger partial charge in [-0.05, 0) is 35.2 Å². The van der Waals surface area contributed by atoms with Crippen LogP contribution in [0.1, 0.15) is 36.5 Å². The lowest BCUT2D eigenvalue weighted by atomic mass is 10.0. The number of carbonyl (C=O) groups excluding carboxylic acids is 2. The van der Waals surface area contributed by atoms with Gasteiger partial charge in [-0.3, -0.25) is 9.59 Å². The van der Waals surface area contributed by atoms with Crippen LogP contribution in [-0.2, 0) is 28.3 Å². The summed E-state index contributed by atoms with van der Waals surface area (Å²) >= 11 is 5.06. The molecule has 3 rings (SSSR count). The summed E-state index contributed by atoms with van der Waals surface area (Å²) in [5.41, 5.74) is 3.21. The summed E-state index contributed by atoms with van der Waals surface area (Å²) in [5, 5.41) is 3.07. The Morgan fingerprint density at radius 3 is 2.14 bits per heavy atom. The Morgan fingerprint density at radius 1 is 0.886 bits per heavy atom. The van der Waals surface area contributed by atoms with E-state index in [1.807, 2.05) is 72.8 Å². The molecule has 3 aromatic carbocycles. The summed E-state index contributed by atoms with van der Waals surface area (Å²) in [6.07, 6.45) is 2.39. The highest BCUT2D eigenvalue weighted by atomic mass is 79.9. The quantitative estimate of drug-likeness (QED) is 0.255. The first-order valence-electron chi connectivity index (χ1n) is 12.0. The van der Waals surface area contributed by atoms with E-state index in [0.717, 1.165) is 34.2 Å². The molecule has 0 bridgehead atoms. The van der Waals surface area contributed by atoms with Crippen LogP contribution in [0.15, 0.2) is 89.4 Å². The van der Waals surface area contributed by atoms with Crippen molar-refractivity contribution in [3.63, 3.8) is 0 Å². The van der Waals surface area contributed by atoms with Gasteiger partial charge in [-0.1, -0.05) is 102 Å². The minimum atomic E-state index is -0.581. The molecule has 6 heteroatoms. The topological polar surface area (TPSA) is 49.4 Å². The number of thioether (sulfide) groups is 1. The van der Waals surface area contributed by atoms with Gasteiger partial charge >= 0.3 is 0 Å². The molecular weight excluding hydrogens is 520 g/mol. The predicted molar refractivity (Wildman–Crippen MR) is 149 cm³/mol. The van der Waals surface area contributed by atoms with Gasteiger partial charge in [0.15, 0.2) is 0 Å². The second kappa shape index (κ2) is 14.7. The molecule has 3 aromatic rings. The number of hydrogen-bond acceptors (Lipinski definition) is 3. The number of carbonyl (C=O) groups is 2. The van der Waals surface area contributed by atoms with Crippen molar-refractivity contribution in [2.75, 3.05) is 12.3 Å². The Hall–Kier alpha value is -2.57. The third-order valence-corrected chi connectivity index (χ3v) is 7.22. The first-order chi connectivity index (χ1) is 17.1. The largest absolute Gasteiger partial charge is 0.354 e. The number of amides is 2. The molecule has 0 aliphatic rings. The first kappa shape index (κ1) is 27.0. The number of halogens is 1. The van der Waals surface area contributed by atoms with Crippen molar-refractivity contribution in [2.45, 2.75) is 44.5 Å². The molecule has 0 aliphatic carbocycles. The van der Waals surface area contributed by atoms with Gasteiger partial charge in [0, 0.05) is 29.7 Å². The van der Waals surface area contributed by atoms with Crippen LogP contribution >= 0.6 is 27.7 Å². The molecule has 0 aliphatic heterocycles. The number of hydrogen-bond donors (Lipinski definition) is 1. The van der Waals surface area contributed by atoms with Crippen molar-refractivity contribution in [1.82, 2.24) is 10.2 Å². The molecule has 4 nitrogen and oxygen atoms in total. The SMILES string of the molecule is CCCCNC(=O)[C@@H](Cc1ccccc1)N(Cc1ccc(Br)cc1)C(=O)CSCc1ccccc1. The molecule has 184 valence electrons. The molecule has 0 fully saturated rings. The highest BCUT2D eigenvalue weighted by molar-refractivity contribution is 9.10. The maximum Gasteiger partial charge on any atom is 0.243 e. The van der Waals surface area contributed by atoms with E-state index in [1.54, 1.807) is 16.7 Å². The van der Waals surface area contributed by atoms with E-state index in [-0.39, 0.29) is 11.8 Å². The Morgan fingerprint density at radius 2 is 1.51 bits per heavy atom. The van der Waals surface area contributed by atoms with Gasteiger partial charge < -0.3 is 10.2 Å². The van der Waals surface area contributed by atoms with Crippen LogP contribution in [0.3, 0.4) is 0 Å². The van der Waals surface area contributed by atoms with E-state index < -0.39 is 6.04 Å². The van der Waals surface area contributed by atoms with Crippen molar-refractivity contribution in [3.05, 3.63) is 106 Å². The van der Waals surface area contributed by atoms with E-state index in [9.17, 15) is 9.59 Å². The highest BCUT2D eigenvalue weighted by Crippen LogP contribution is 2.19. The van der Waals surface area contributed by atoms with Gasteiger partial charge in [0.05, 0.1) is 5.75 Å². The zero-order chi connectivity index (χ0) is 24.9. The molecule has 0 aromatic heterocycles. The molecule has 0 saturated heterocycles. The standard InChI is InChI=1S/C29H33BrN2O2S/c1-2-3-18-31-29(34)27(19-23-10-6-4-7-11-23)32(20-24-14-16-26(30)17-15-24)28(33)22-35-21-25-12-8-5-9-13-25/h4-17,27H,2-3,18-22H2,1H3,(H,31,34)/t27-/m1/s1. The summed E-state index contributed by atoms with van der Waals surface area (Å²) in [6, 6.07) is 27.4. The molecule has 0 saturated carbocycles. The Bertz CT molecular complexity index is 1050. The Balaban J connectivity index is 1.82. The van der Waals surface area contributed by atoms with Crippen molar-refractivity contribution < 1.29 is 9.59 Å². The summed E-state index contributed by atoms with van der Waals surface area (Å²) < 4.78 is 0.982. The lowest BCUT2D eigenvalue weighted by molar-refractivity contribution is -0.139. The first-order valence-corrected chi connectivity index (χ1v) is 14.0. The molecule has 0 radical (unpaired) electrons. The van der Waals surface area contributed by atoms with Gasteiger partial charge in [0.1, 0.15) is 6.04 Å². The molecule has 1 atom stereocenters. The van der Waals surface area contributed by atoms with Gasteiger partial charge in [0.25, 0.3) is 0 Å². The number of nitrogens with one attached hydrogen (secondary N) is 1.